The number of aromatic nitrogens is 4. The second-order valence-corrected chi connectivity index (χ2v) is 5.22. The van der Waals surface area contributed by atoms with Crippen molar-refractivity contribution in [2.75, 3.05) is 7.05 Å². The van der Waals surface area contributed by atoms with E-state index in [1.54, 1.807) is 0 Å². The first-order valence-electron chi connectivity index (χ1n) is 7.02. The highest BCUT2D eigenvalue weighted by Crippen LogP contribution is 2.22. The second kappa shape index (κ2) is 6.41. The molecule has 5 nitrogen and oxygen atoms in total. The van der Waals surface area contributed by atoms with E-state index in [4.69, 9.17) is 11.6 Å². The molecule has 6 heteroatoms. The van der Waals surface area contributed by atoms with Crippen molar-refractivity contribution in [2.24, 2.45) is 0 Å². The molecule has 0 saturated carbocycles. The molecule has 0 bridgehead atoms. The Labute approximate surface area is 124 Å². The lowest BCUT2D eigenvalue weighted by atomic mass is 10.2. The molecule has 0 unspecified atom stereocenters. The lowest BCUT2D eigenvalue weighted by Gasteiger charge is -2.05. The minimum absolute atomic E-state index is 0.657. The molecule has 110 valence electrons. The fraction of sp³-hybridized carbons (Fsp3) is 0.571. The molecule has 2 heterocycles. The average molecular weight is 296 g/mol. The monoisotopic (exact) mass is 295 g/mol. The van der Waals surface area contributed by atoms with E-state index in [1.165, 1.54) is 5.56 Å². The summed E-state index contributed by atoms with van der Waals surface area (Å²) in [6, 6.07) is 0. The molecule has 0 amide bonds. The minimum atomic E-state index is 0.657. The summed E-state index contributed by atoms with van der Waals surface area (Å²) in [5.41, 5.74) is 4.25. The zero-order chi connectivity index (χ0) is 14.7. The molecule has 0 fully saturated rings. The molecule has 0 aliphatic rings. The van der Waals surface area contributed by atoms with Crippen molar-refractivity contribution >= 4 is 11.6 Å². The molecular formula is C14H22ClN5. The molecule has 2 aromatic heterocycles. The third-order valence-corrected chi connectivity index (χ3v) is 3.86. The fourth-order valence-electron chi connectivity index (χ4n) is 2.33. The number of hydrogen-bond acceptors (Lipinski definition) is 3. The van der Waals surface area contributed by atoms with Gasteiger partial charge in [-0.2, -0.15) is 10.2 Å². The van der Waals surface area contributed by atoms with Crippen molar-refractivity contribution < 1.29 is 0 Å². The molecule has 0 atom stereocenters. The summed E-state index contributed by atoms with van der Waals surface area (Å²) >= 11 is 6.43. The van der Waals surface area contributed by atoms with Gasteiger partial charge in [-0.15, -0.1) is 0 Å². The van der Waals surface area contributed by atoms with E-state index in [0.29, 0.717) is 6.54 Å². The van der Waals surface area contributed by atoms with Crippen molar-refractivity contribution in [3.05, 3.63) is 33.9 Å². The fourth-order valence-corrected chi connectivity index (χ4v) is 2.65. The highest BCUT2D eigenvalue weighted by atomic mass is 35.5. The Morgan fingerprint density at radius 3 is 2.65 bits per heavy atom. The van der Waals surface area contributed by atoms with Crippen LogP contribution in [0.1, 0.15) is 36.5 Å². The first-order valence-corrected chi connectivity index (χ1v) is 7.40. The number of rotatable bonds is 6. The van der Waals surface area contributed by atoms with E-state index >= 15 is 0 Å². The van der Waals surface area contributed by atoms with Crippen molar-refractivity contribution in [3.63, 3.8) is 0 Å². The average Bonchev–Trinajstić information content (AvgIpc) is 2.93. The van der Waals surface area contributed by atoms with Gasteiger partial charge in [0, 0.05) is 24.8 Å². The second-order valence-electron chi connectivity index (χ2n) is 4.84. The Kier molecular flexibility index (Phi) is 4.83. The van der Waals surface area contributed by atoms with Gasteiger partial charge in [0.1, 0.15) is 0 Å². The molecule has 0 radical (unpaired) electrons. The van der Waals surface area contributed by atoms with Gasteiger partial charge in [0.15, 0.2) is 0 Å². The van der Waals surface area contributed by atoms with E-state index in [2.05, 4.69) is 35.6 Å². The molecular weight excluding hydrogens is 274 g/mol. The Balaban J connectivity index is 2.29. The SMILES string of the molecule is CCc1nn(CC)c(Cn2cc(CNC)c(C)n2)c1Cl. The largest absolute Gasteiger partial charge is 0.316 e. The van der Waals surface area contributed by atoms with Crippen molar-refractivity contribution in [2.45, 2.75) is 46.8 Å². The summed E-state index contributed by atoms with van der Waals surface area (Å²) in [5.74, 6) is 0. The lowest BCUT2D eigenvalue weighted by Crippen LogP contribution is -2.09. The third-order valence-electron chi connectivity index (χ3n) is 3.42. The van der Waals surface area contributed by atoms with Crippen LogP contribution in [0.25, 0.3) is 0 Å². The summed E-state index contributed by atoms with van der Waals surface area (Å²) in [6.07, 6.45) is 2.92. The summed E-state index contributed by atoms with van der Waals surface area (Å²) in [7, 11) is 1.94. The topological polar surface area (TPSA) is 47.7 Å². The molecule has 0 aliphatic heterocycles. The first-order chi connectivity index (χ1) is 9.60. The summed E-state index contributed by atoms with van der Waals surface area (Å²) < 4.78 is 3.91. The molecule has 20 heavy (non-hydrogen) atoms. The zero-order valence-corrected chi connectivity index (χ0v) is 13.3. The third kappa shape index (κ3) is 2.88. The molecule has 0 aliphatic carbocycles. The van der Waals surface area contributed by atoms with E-state index < -0.39 is 0 Å². The maximum atomic E-state index is 6.43. The number of nitrogens with one attached hydrogen (secondary N) is 1. The Morgan fingerprint density at radius 1 is 1.30 bits per heavy atom. The minimum Gasteiger partial charge on any atom is -0.316 e. The van der Waals surface area contributed by atoms with Gasteiger partial charge in [0.2, 0.25) is 0 Å². The van der Waals surface area contributed by atoms with Crippen LogP contribution in [0.15, 0.2) is 6.20 Å². The Morgan fingerprint density at radius 2 is 2.05 bits per heavy atom. The van der Waals surface area contributed by atoms with Crippen molar-refractivity contribution in [3.8, 4) is 0 Å². The molecule has 2 aromatic rings. The maximum absolute atomic E-state index is 6.43. The highest BCUT2D eigenvalue weighted by molar-refractivity contribution is 6.31. The quantitative estimate of drug-likeness (QED) is 0.890. The first kappa shape index (κ1) is 15.1. The van der Waals surface area contributed by atoms with Gasteiger partial charge >= 0.3 is 0 Å². The molecule has 0 spiro atoms. The number of halogens is 1. The molecule has 0 saturated heterocycles. The van der Waals surface area contributed by atoms with Crippen LogP contribution in [-0.4, -0.2) is 26.6 Å². The Hall–Kier alpha value is -1.33. The van der Waals surface area contributed by atoms with E-state index in [1.807, 2.05) is 23.3 Å². The summed E-state index contributed by atoms with van der Waals surface area (Å²) in [4.78, 5) is 0. The summed E-state index contributed by atoms with van der Waals surface area (Å²) in [6.45, 7) is 8.48. The highest BCUT2D eigenvalue weighted by Gasteiger charge is 2.15. The Bertz CT molecular complexity index is 585. The standard InChI is InChI=1S/C14H22ClN5/c1-5-12-14(15)13(20(6-2)18-12)9-19-8-11(7-16-4)10(3)17-19/h8,16H,5-7,9H2,1-4H3. The van der Waals surface area contributed by atoms with Crippen LogP contribution in [0.4, 0.5) is 0 Å². The molecule has 1 N–H and O–H groups in total. The van der Waals surface area contributed by atoms with E-state index in [-0.39, 0.29) is 0 Å². The van der Waals surface area contributed by atoms with E-state index in [0.717, 1.165) is 41.6 Å². The van der Waals surface area contributed by atoms with Crippen LogP contribution in [0, 0.1) is 6.92 Å². The molecule has 0 aromatic carbocycles. The van der Waals surface area contributed by atoms with Crippen LogP contribution in [0.3, 0.4) is 0 Å². The normalized spacial score (nSPS) is 11.2. The number of hydrogen-bond donors (Lipinski definition) is 1. The zero-order valence-electron chi connectivity index (χ0n) is 12.6. The van der Waals surface area contributed by atoms with Crippen molar-refractivity contribution in [1.29, 1.82) is 0 Å². The van der Waals surface area contributed by atoms with Crippen LogP contribution in [-0.2, 0) is 26.1 Å². The van der Waals surface area contributed by atoms with Crippen LogP contribution >= 0.6 is 11.6 Å². The van der Waals surface area contributed by atoms with Gasteiger partial charge in [0.25, 0.3) is 0 Å². The summed E-state index contributed by atoms with van der Waals surface area (Å²) in [5, 5.41) is 13.0. The number of nitrogens with zero attached hydrogens (tertiary/aromatic N) is 4. The number of aryl methyl sites for hydroxylation is 3. The van der Waals surface area contributed by atoms with Gasteiger partial charge in [0.05, 0.1) is 28.6 Å². The van der Waals surface area contributed by atoms with Crippen molar-refractivity contribution in [1.82, 2.24) is 24.9 Å². The van der Waals surface area contributed by atoms with Gasteiger partial charge < -0.3 is 5.32 Å². The van der Waals surface area contributed by atoms with Crippen LogP contribution in [0.5, 0.6) is 0 Å². The smallest absolute Gasteiger partial charge is 0.0869 e. The maximum Gasteiger partial charge on any atom is 0.0869 e. The van der Waals surface area contributed by atoms with Gasteiger partial charge in [-0.3, -0.25) is 9.36 Å². The van der Waals surface area contributed by atoms with Gasteiger partial charge in [-0.05, 0) is 27.3 Å². The van der Waals surface area contributed by atoms with Gasteiger partial charge in [-0.25, -0.2) is 0 Å². The van der Waals surface area contributed by atoms with Crippen LogP contribution < -0.4 is 5.32 Å². The van der Waals surface area contributed by atoms with Gasteiger partial charge in [-0.1, -0.05) is 18.5 Å². The predicted molar refractivity (Wildman–Crippen MR) is 81.1 cm³/mol. The predicted octanol–water partition coefficient (Wildman–Crippen LogP) is 2.39. The van der Waals surface area contributed by atoms with Crippen LogP contribution in [0.2, 0.25) is 5.02 Å². The lowest BCUT2D eigenvalue weighted by molar-refractivity contribution is 0.572. The van der Waals surface area contributed by atoms with E-state index in [9.17, 15) is 0 Å². The molecule has 2 rings (SSSR count).